The van der Waals surface area contributed by atoms with E-state index in [2.05, 4.69) is 0 Å². The highest BCUT2D eigenvalue weighted by molar-refractivity contribution is 7.91. The highest BCUT2D eigenvalue weighted by atomic mass is 32.2. The first-order chi connectivity index (χ1) is 8.52. The van der Waals surface area contributed by atoms with E-state index in [4.69, 9.17) is 5.73 Å². The summed E-state index contributed by atoms with van der Waals surface area (Å²) in [5, 5.41) is 9.50. The fourth-order valence-electron chi connectivity index (χ4n) is 2.67. The predicted molar refractivity (Wildman–Crippen MR) is 71.3 cm³/mol. The summed E-state index contributed by atoms with van der Waals surface area (Å²) in [7, 11) is -2.84. The Kier molecular flexibility index (Phi) is 3.92. The molecule has 0 bridgehead atoms. The molecule has 0 aliphatic carbocycles. The van der Waals surface area contributed by atoms with E-state index in [1.165, 1.54) is 0 Å². The van der Waals surface area contributed by atoms with Gasteiger partial charge in [-0.05, 0) is 48.9 Å². The van der Waals surface area contributed by atoms with Gasteiger partial charge in [-0.1, -0.05) is 12.1 Å². The molecule has 1 aliphatic heterocycles. The molecule has 2 rings (SSSR count). The number of hydrogen-bond acceptors (Lipinski definition) is 4. The number of nitrogens with two attached hydrogens (primary N) is 1. The molecule has 1 atom stereocenters. The van der Waals surface area contributed by atoms with E-state index >= 15 is 0 Å². The molecule has 1 aliphatic rings. The maximum Gasteiger partial charge on any atom is 0.150 e. The first-order valence-electron chi connectivity index (χ1n) is 6.21. The largest absolute Gasteiger partial charge is 0.508 e. The van der Waals surface area contributed by atoms with Crippen LogP contribution in [0.3, 0.4) is 0 Å². The molecular formula is C13H19NO3S. The van der Waals surface area contributed by atoms with Crippen molar-refractivity contribution < 1.29 is 13.5 Å². The number of hydrogen-bond donors (Lipinski definition) is 2. The predicted octanol–water partition coefficient (Wildman–Crippen LogP) is 1.26. The van der Waals surface area contributed by atoms with E-state index in [1.54, 1.807) is 18.2 Å². The molecule has 1 aromatic carbocycles. The topological polar surface area (TPSA) is 80.4 Å². The summed E-state index contributed by atoms with van der Waals surface area (Å²) in [5.41, 5.74) is 6.82. The minimum absolute atomic E-state index is 0.132. The lowest BCUT2D eigenvalue weighted by molar-refractivity contribution is 0.387. The number of sulfone groups is 1. The van der Waals surface area contributed by atoms with Gasteiger partial charge in [-0.3, -0.25) is 0 Å². The molecule has 0 spiro atoms. The molecule has 3 N–H and O–H groups in total. The summed E-state index contributed by atoms with van der Waals surface area (Å²) in [6.45, 7) is 0.480. The second-order valence-electron chi connectivity index (χ2n) is 4.93. The second kappa shape index (κ2) is 5.28. The zero-order valence-electron chi connectivity index (χ0n) is 10.2. The van der Waals surface area contributed by atoms with Crippen molar-refractivity contribution in [3.8, 4) is 5.75 Å². The monoisotopic (exact) mass is 269 g/mol. The number of rotatable bonds is 3. The van der Waals surface area contributed by atoms with Gasteiger partial charge < -0.3 is 10.8 Å². The minimum Gasteiger partial charge on any atom is -0.508 e. The zero-order chi connectivity index (χ0) is 13.2. The van der Waals surface area contributed by atoms with Crippen molar-refractivity contribution in [2.24, 2.45) is 11.7 Å². The van der Waals surface area contributed by atoms with Crippen LogP contribution in [0.25, 0.3) is 0 Å². The Bertz CT molecular complexity index is 499. The lowest BCUT2D eigenvalue weighted by Gasteiger charge is -2.29. The normalized spacial score (nSPS) is 21.6. The highest BCUT2D eigenvalue weighted by Gasteiger charge is 2.29. The smallest absolute Gasteiger partial charge is 0.150 e. The first-order valence-corrected chi connectivity index (χ1v) is 8.03. The second-order valence-corrected chi connectivity index (χ2v) is 7.23. The Labute approximate surface area is 108 Å². The molecule has 100 valence electrons. The molecule has 0 amide bonds. The van der Waals surface area contributed by atoms with E-state index in [0.29, 0.717) is 25.3 Å². The third-order valence-electron chi connectivity index (χ3n) is 3.72. The Morgan fingerprint density at radius 3 is 2.56 bits per heavy atom. The SMILES string of the molecule is NCC(c1cccc(O)c1)C1CCS(=O)(=O)CC1. The van der Waals surface area contributed by atoms with Gasteiger partial charge in [-0.2, -0.15) is 0 Å². The number of aromatic hydroxyl groups is 1. The number of phenols is 1. The molecule has 1 heterocycles. The highest BCUT2D eigenvalue weighted by Crippen LogP contribution is 2.33. The van der Waals surface area contributed by atoms with E-state index < -0.39 is 9.84 Å². The van der Waals surface area contributed by atoms with Crippen molar-refractivity contribution in [1.29, 1.82) is 0 Å². The molecule has 4 nitrogen and oxygen atoms in total. The van der Waals surface area contributed by atoms with Gasteiger partial charge >= 0.3 is 0 Å². The molecule has 1 fully saturated rings. The van der Waals surface area contributed by atoms with Crippen molar-refractivity contribution in [2.45, 2.75) is 18.8 Å². The minimum atomic E-state index is -2.84. The quantitative estimate of drug-likeness (QED) is 0.865. The maximum atomic E-state index is 11.4. The molecule has 18 heavy (non-hydrogen) atoms. The molecule has 0 aromatic heterocycles. The van der Waals surface area contributed by atoms with Gasteiger partial charge in [0.2, 0.25) is 0 Å². The molecule has 0 saturated carbocycles. The summed E-state index contributed by atoms with van der Waals surface area (Å²) < 4.78 is 22.9. The van der Waals surface area contributed by atoms with Gasteiger partial charge in [-0.15, -0.1) is 0 Å². The van der Waals surface area contributed by atoms with Crippen LogP contribution in [-0.4, -0.2) is 31.6 Å². The zero-order valence-corrected chi connectivity index (χ0v) is 11.1. The van der Waals surface area contributed by atoms with Gasteiger partial charge in [0, 0.05) is 0 Å². The fourth-order valence-corrected chi connectivity index (χ4v) is 4.19. The molecule has 0 radical (unpaired) electrons. The summed E-state index contributed by atoms with van der Waals surface area (Å²) in [6, 6.07) is 7.09. The van der Waals surface area contributed by atoms with Crippen molar-refractivity contribution >= 4 is 9.84 Å². The van der Waals surface area contributed by atoms with Crippen LogP contribution in [0, 0.1) is 5.92 Å². The van der Waals surface area contributed by atoms with Gasteiger partial charge in [0.25, 0.3) is 0 Å². The third-order valence-corrected chi connectivity index (χ3v) is 5.44. The first kappa shape index (κ1) is 13.4. The van der Waals surface area contributed by atoms with E-state index in [0.717, 1.165) is 5.56 Å². The van der Waals surface area contributed by atoms with Crippen molar-refractivity contribution in [2.75, 3.05) is 18.1 Å². The van der Waals surface area contributed by atoms with Crippen LogP contribution >= 0.6 is 0 Å². The Balaban J connectivity index is 2.15. The van der Waals surface area contributed by atoms with Crippen molar-refractivity contribution in [3.05, 3.63) is 29.8 Å². The van der Waals surface area contributed by atoms with Crippen LogP contribution < -0.4 is 5.73 Å². The molecule has 1 unspecified atom stereocenters. The summed E-state index contributed by atoms with van der Waals surface area (Å²) >= 11 is 0. The van der Waals surface area contributed by atoms with E-state index in [-0.39, 0.29) is 23.2 Å². The third kappa shape index (κ3) is 3.03. The molecule has 1 aromatic rings. The lowest BCUT2D eigenvalue weighted by Crippen LogP contribution is -2.30. The van der Waals surface area contributed by atoms with Crippen molar-refractivity contribution in [1.82, 2.24) is 0 Å². The molecule has 1 saturated heterocycles. The van der Waals surface area contributed by atoms with Crippen LogP contribution in [0.2, 0.25) is 0 Å². The summed E-state index contributed by atoms with van der Waals surface area (Å²) in [6.07, 6.45) is 1.33. The van der Waals surface area contributed by atoms with Gasteiger partial charge in [0.15, 0.2) is 0 Å². The van der Waals surface area contributed by atoms with Crippen LogP contribution in [0.1, 0.15) is 24.3 Å². The van der Waals surface area contributed by atoms with Crippen LogP contribution in [0.15, 0.2) is 24.3 Å². The van der Waals surface area contributed by atoms with Crippen molar-refractivity contribution in [3.63, 3.8) is 0 Å². The van der Waals surface area contributed by atoms with Crippen LogP contribution in [-0.2, 0) is 9.84 Å². The summed E-state index contributed by atoms with van der Waals surface area (Å²) in [5.74, 6) is 1.17. The average Bonchev–Trinajstić information content (AvgIpc) is 2.32. The average molecular weight is 269 g/mol. The fraction of sp³-hybridized carbons (Fsp3) is 0.538. The molecular weight excluding hydrogens is 250 g/mol. The Morgan fingerprint density at radius 2 is 2.00 bits per heavy atom. The maximum absolute atomic E-state index is 11.4. The van der Waals surface area contributed by atoms with E-state index in [9.17, 15) is 13.5 Å². The van der Waals surface area contributed by atoms with Gasteiger partial charge in [0.1, 0.15) is 15.6 Å². The Hall–Kier alpha value is -1.07. The van der Waals surface area contributed by atoms with Gasteiger partial charge in [0.05, 0.1) is 11.5 Å². The number of phenolic OH excluding ortho intramolecular Hbond substituents is 1. The number of benzene rings is 1. The van der Waals surface area contributed by atoms with Crippen LogP contribution in [0.4, 0.5) is 0 Å². The van der Waals surface area contributed by atoms with Crippen LogP contribution in [0.5, 0.6) is 5.75 Å². The summed E-state index contributed by atoms with van der Waals surface area (Å²) in [4.78, 5) is 0. The lowest BCUT2D eigenvalue weighted by atomic mass is 9.82. The van der Waals surface area contributed by atoms with Gasteiger partial charge in [-0.25, -0.2) is 8.42 Å². The molecule has 5 heteroatoms. The standard InChI is InChI=1S/C13H19NO3S/c14-9-13(11-2-1-3-12(15)8-11)10-4-6-18(16,17)7-5-10/h1-3,8,10,13,15H,4-7,9,14H2. The Morgan fingerprint density at radius 1 is 1.33 bits per heavy atom. The van der Waals surface area contributed by atoms with E-state index in [1.807, 2.05) is 6.07 Å².